The Hall–Kier alpha value is -1.10. The number of benzene rings is 1. The van der Waals surface area contributed by atoms with Crippen molar-refractivity contribution < 1.29 is 8.91 Å². The average Bonchev–Trinajstić information content (AvgIpc) is 2.73. The lowest BCUT2D eigenvalue weighted by atomic mass is 10.0. The van der Waals surface area contributed by atoms with Gasteiger partial charge in [-0.15, -0.1) is 0 Å². The number of nitrogens with zero attached hydrogens (tertiary/aromatic N) is 1. The Kier molecular flexibility index (Phi) is 4.91. The number of hydrogen-bond donors (Lipinski definition) is 1. The first-order valence-corrected chi connectivity index (χ1v) is 7.40. The lowest BCUT2D eigenvalue weighted by Crippen LogP contribution is -2.23. The van der Waals surface area contributed by atoms with Gasteiger partial charge >= 0.3 is 0 Å². The van der Waals surface area contributed by atoms with Gasteiger partial charge in [0, 0.05) is 22.7 Å². The highest BCUT2D eigenvalue weighted by Gasteiger charge is 2.20. The lowest BCUT2D eigenvalue weighted by molar-refractivity contribution is 0.389. The van der Waals surface area contributed by atoms with Crippen LogP contribution in [0.3, 0.4) is 0 Å². The van der Waals surface area contributed by atoms with Crippen LogP contribution < -0.4 is 5.32 Å². The van der Waals surface area contributed by atoms with E-state index in [0.717, 1.165) is 17.0 Å². The van der Waals surface area contributed by atoms with E-state index < -0.39 is 5.82 Å². The molecule has 0 bridgehead atoms. The van der Waals surface area contributed by atoms with Crippen LogP contribution in [0.15, 0.2) is 16.7 Å². The molecule has 0 saturated heterocycles. The van der Waals surface area contributed by atoms with E-state index in [-0.39, 0.29) is 17.1 Å². The molecule has 21 heavy (non-hydrogen) atoms. The second kappa shape index (κ2) is 6.34. The molecule has 1 heterocycles. The maximum atomic E-state index is 13.6. The topological polar surface area (TPSA) is 38.1 Å². The summed E-state index contributed by atoms with van der Waals surface area (Å²) in [6.07, 6.45) is 0. The SMILES string of the molecule is Cc1noc(C)c1C(C)NC(C)c1cc(F)c(Cl)cc1Cl. The number of hydrogen-bond acceptors (Lipinski definition) is 3. The first-order chi connectivity index (χ1) is 9.81. The predicted octanol–water partition coefficient (Wildman–Crippen LogP) is 5.15. The fourth-order valence-corrected chi connectivity index (χ4v) is 3.07. The van der Waals surface area contributed by atoms with Crippen molar-refractivity contribution in [3.05, 3.63) is 50.6 Å². The molecular formula is C15H17Cl2FN2O. The van der Waals surface area contributed by atoms with Gasteiger partial charge < -0.3 is 9.84 Å². The van der Waals surface area contributed by atoms with Crippen LogP contribution in [0.1, 0.15) is 48.5 Å². The fraction of sp³-hybridized carbons (Fsp3) is 0.400. The van der Waals surface area contributed by atoms with E-state index in [1.54, 1.807) is 0 Å². The summed E-state index contributed by atoms with van der Waals surface area (Å²) in [4.78, 5) is 0. The van der Waals surface area contributed by atoms with Crippen LogP contribution in [-0.4, -0.2) is 5.16 Å². The van der Waals surface area contributed by atoms with Gasteiger partial charge in [-0.1, -0.05) is 28.4 Å². The summed E-state index contributed by atoms with van der Waals surface area (Å²) in [5.74, 6) is 0.294. The maximum Gasteiger partial charge on any atom is 0.142 e. The third-order valence-electron chi connectivity index (χ3n) is 3.53. The standard InChI is InChI=1S/C15H17Cl2FN2O/c1-7(11-5-14(18)13(17)6-12(11)16)19-8(2)15-9(3)20-21-10(15)4/h5-8,19H,1-4H3. The van der Waals surface area contributed by atoms with Crippen LogP contribution in [-0.2, 0) is 0 Å². The van der Waals surface area contributed by atoms with Gasteiger partial charge in [0.1, 0.15) is 11.6 Å². The minimum atomic E-state index is -0.477. The highest BCUT2D eigenvalue weighted by Crippen LogP contribution is 2.31. The Balaban J connectivity index is 2.22. The quantitative estimate of drug-likeness (QED) is 0.788. The smallest absolute Gasteiger partial charge is 0.142 e. The van der Waals surface area contributed by atoms with Crippen LogP contribution in [0.2, 0.25) is 10.0 Å². The Morgan fingerprint density at radius 1 is 1.14 bits per heavy atom. The molecule has 1 N–H and O–H groups in total. The summed E-state index contributed by atoms with van der Waals surface area (Å²) in [6.45, 7) is 7.68. The summed E-state index contributed by atoms with van der Waals surface area (Å²) in [7, 11) is 0. The Morgan fingerprint density at radius 2 is 1.81 bits per heavy atom. The van der Waals surface area contributed by atoms with Crippen molar-refractivity contribution in [2.24, 2.45) is 0 Å². The van der Waals surface area contributed by atoms with Crippen molar-refractivity contribution in [2.75, 3.05) is 0 Å². The minimum Gasteiger partial charge on any atom is -0.361 e. The van der Waals surface area contributed by atoms with Gasteiger partial charge in [0.25, 0.3) is 0 Å². The van der Waals surface area contributed by atoms with Gasteiger partial charge in [0.2, 0.25) is 0 Å². The molecule has 0 saturated carbocycles. The van der Waals surface area contributed by atoms with Crippen LogP contribution >= 0.6 is 23.2 Å². The lowest BCUT2D eigenvalue weighted by Gasteiger charge is -2.21. The van der Waals surface area contributed by atoms with E-state index in [4.69, 9.17) is 27.7 Å². The summed E-state index contributed by atoms with van der Waals surface area (Å²) in [6, 6.07) is 2.64. The molecule has 0 radical (unpaired) electrons. The maximum absolute atomic E-state index is 13.6. The van der Waals surface area contributed by atoms with Gasteiger partial charge in [-0.2, -0.15) is 0 Å². The molecule has 6 heteroatoms. The summed E-state index contributed by atoms with van der Waals surface area (Å²) < 4.78 is 18.8. The summed E-state index contributed by atoms with van der Waals surface area (Å²) >= 11 is 11.9. The molecular weight excluding hydrogens is 314 g/mol. The van der Waals surface area contributed by atoms with Crippen molar-refractivity contribution >= 4 is 23.2 Å². The number of nitrogens with one attached hydrogen (secondary N) is 1. The minimum absolute atomic E-state index is 0.000978. The fourth-order valence-electron chi connectivity index (χ4n) is 2.53. The largest absolute Gasteiger partial charge is 0.361 e. The molecule has 2 atom stereocenters. The monoisotopic (exact) mass is 330 g/mol. The zero-order valence-corrected chi connectivity index (χ0v) is 13.8. The van der Waals surface area contributed by atoms with E-state index in [2.05, 4.69) is 10.5 Å². The second-order valence-electron chi connectivity index (χ2n) is 5.14. The third kappa shape index (κ3) is 3.39. The molecule has 3 nitrogen and oxygen atoms in total. The summed E-state index contributed by atoms with van der Waals surface area (Å²) in [5.41, 5.74) is 2.51. The molecule has 114 valence electrons. The number of aromatic nitrogens is 1. The molecule has 0 spiro atoms. The van der Waals surface area contributed by atoms with Gasteiger partial charge in [-0.3, -0.25) is 0 Å². The van der Waals surface area contributed by atoms with Crippen LogP contribution in [0.4, 0.5) is 4.39 Å². The van der Waals surface area contributed by atoms with Crippen molar-refractivity contribution in [2.45, 2.75) is 39.8 Å². The van der Waals surface area contributed by atoms with Crippen molar-refractivity contribution in [1.29, 1.82) is 0 Å². The normalized spacial score (nSPS) is 14.2. The van der Waals surface area contributed by atoms with Crippen LogP contribution in [0.5, 0.6) is 0 Å². The molecule has 0 aliphatic rings. The molecule has 1 aromatic carbocycles. The molecule has 0 amide bonds. The zero-order chi connectivity index (χ0) is 15.7. The first kappa shape index (κ1) is 16.3. The molecule has 2 unspecified atom stereocenters. The zero-order valence-electron chi connectivity index (χ0n) is 12.3. The van der Waals surface area contributed by atoms with E-state index >= 15 is 0 Å². The molecule has 2 rings (SSSR count). The van der Waals surface area contributed by atoms with E-state index in [1.165, 1.54) is 12.1 Å². The van der Waals surface area contributed by atoms with Crippen molar-refractivity contribution in [1.82, 2.24) is 10.5 Å². The van der Waals surface area contributed by atoms with Gasteiger partial charge in [-0.25, -0.2) is 4.39 Å². The highest BCUT2D eigenvalue weighted by molar-refractivity contribution is 6.35. The second-order valence-corrected chi connectivity index (χ2v) is 5.95. The number of aryl methyl sites for hydroxylation is 2. The highest BCUT2D eigenvalue weighted by atomic mass is 35.5. The summed E-state index contributed by atoms with van der Waals surface area (Å²) in [5, 5.41) is 7.78. The van der Waals surface area contributed by atoms with Gasteiger partial charge in [-0.05, 0) is 45.4 Å². The van der Waals surface area contributed by atoms with Crippen molar-refractivity contribution in [3.8, 4) is 0 Å². The Labute approximate surface area is 133 Å². The molecule has 0 aliphatic heterocycles. The first-order valence-electron chi connectivity index (χ1n) is 6.64. The van der Waals surface area contributed by atoms with E-state index in [9.17, 15) is 4.39 Å². The number of halogens is 3. The Morgan fingerprint density at radius 3 is 2.38 bits per heavy atom. The molecule has 2 aromatic rings. The van der Waals surface area contributed by atoms with Crippen LogP contribution in [0.25, 0.3) is 0 Å². The molecule has 0 fully saturated rings. The third-order valence-corrected chi connectivity index (χ3v) is 4.14. The Bertz CT molecular complexity index is 638. The average molecular weight is 331 g/mol. The van der Waals surface area contributed by atoms with E-state index in [0.29, 0.717) is 10.6 Å². The van der Waals surface area contributed by atoms with Crippen molar-refractivity contribution in [3.63, 3.8) is 0 Å². The number of rotatable bonds is 4. The van der Waals surface area contributed by atoms with Crippen LogP contribution in [0, 0.1) is 19.7 Å². The van der Waals surface area contributed by atoms with Gasteiger partial charge in [0.05, 0.1) is 10.7 Å². The van der Waals surface area contributed by atoms with E-state index in [1.807, 2.05) is 27.7 Å². The molecule has 1 aromatic heterocycles. The molecule has 0 aliphatic carbocycles. The predicted molar refractivity (Wildman–Crippen MR) is 82.4 cm³/mol. The van der Waals surface area contributed by atoms with Gasteiger partial charge in [0.15, 0.2) is 0 Å².